The van der Waals surface area contributed by atoms with Crippen molar-refractivity contribution in [1.29, 1.82) is 0 Å². The minimum atomic E-state index is -1.34. The Morgan fingerprint density at radius 2 is 1.52 bits per heavy atom. The van der Waals surface area contributed by atoms with Gasteiger partial charge in [-0.25, -0.2) is 0 Å². The molecule has 3 rings (SSSR count). The van der Waals surface area contributed by atoms with E-state index in [-0.39, 0.29) is 17.9 Å². The first-order valence-electron chi connectivity index (χ1n) is 8.81. The number of anilines is 1. The number of benzene rings is 1. The van der Waals surface area contributed by atoms with Crippen molar-refractivity contribution >= 4 is 35.3 Å². The van der Waals surface area contributed by atoms with Crippen molar-refractivity contribution in [1.82, 2.24) is 0 Å². The molecular formula is C19H19NO9. The van der Waals surface area contributed by atoms with Crippen molar-refractivity contribution in [2.75, 3.05) is 11.5 Å². The van der Waals surface area contributed by atoms with Gasteiger partial charge < -0.3 is 18.9 Å². The molecule has 0 N–H and O–H groups in total. The summed E-state index contributed by atoms with van der Waals surface area (Å²) in [7, 11) is 0. The predicted octanol–water partition coefficient (Wildman–Crippen LogP) is 0.367. The molecular weight excluding hydrogens is 386 g/mol. The van der Waals surface area contributed by atoms with Crippen LogP contribution in [0.25, 0.3) is 0 Å². The maximum absolute atomic E-state index is 12.6. The molecule has 2 aliphatic heterocycles. The number of carbonyl (C=O) groups is 5. The maximum Gasteiger partial charge on any atom is 0.303 e. The van der Waals surface area contributed by atoms with E-state index in [1.54, 1.807) is 18.2 Å². The van der Waals surface area contributed by atoms with Gasteiger partial charge in [-0.15, -0.1) is 0 Å². The molecule has 2 aliphatic rings. The van der Waals surface area contributed by atoms with E-state index in [9.17, 15) is 24.0 Å². The van der Waals surface area contributed by atoms with Gasteiger partial charge in [0.25, 0.3) is 5.78 Å². The third-order valence-corrected chi connectivity index (χ3v) is 4.40. The fourth-order valence-corrected chi connectivity index (χ4v) is 3.41. The lowest BCUT2D eigenvalue weighted by molar-refractivity contribution is -0.225. The lowest BCUT2D eigenvalue weighted by Crippen LogP contribution is -2.63. The van der Waals surface area contributed by atoms with Crippen molar-refractivity contribution in [2.45, 2.75) is 45.3 Å². The van der Waals surface area contributed by atoms with Crippen LogP contribution in [-0.2, 0) is 38.1 Å². The number of Topliss-reactive ketones (excluding diaryl/α,β-unsaturated/α-hetero) is 1. The smallest absolute Gasteiger partial charge is 0.303 e. The molecule has 10 nitrogen and oxygen atoms in total. The van der Waals surface area contributed by atoms with E-state index in [1.807, 2.05) is 0 Å². The van der Waals surface area contributed by atoms with Crippen LogP contribution in [0.3, 0.4) is 0 Å². The van der Waals surface area contributed by atoms with E-state index in [4.69, 9.17) is 18.9 Å². The zero-order valence-electron chi connectivity index (χ0n) is 15.9. The second kappa shape index (κ2) is 8.00. The van der Waals surface area contributed by atoms with Crippen molar-refractivity contribution < 1.29 is 42.9 Å². The molecule has 2 heterocycles. The van der Waals surface area contributed by atoms with E-state index >= 15 is 0 Å². The molecule has 0 aliphatic carbocycles. The number of nitrogens with zero attached hydrogens (tertiary/aromatic N) is 1. The topological polar surface area (TPSA) is 126 Å². The van der Waals surface area contributed by atoms with Gasteiger partial charge in [-0.2, -0.15) is 0 Å². The van der Waals surface area contributed by atoms with Gasteiger partial charge in [0.2, 0.25) is 0 Å². The summed E-state index contributed by atoms with van der Waals surface area (Å²) in [6.45, 7) is 3.18. The number of hydrogen-bond acceptors (Lipinski definition) is 9. The Morgan fingerprint density at radius 1 is 0.931 bits per heavy atom. The van der Waals surface area contributed by atoms with Crippen LogP contribution in [0, 0.1) is 0 Å². The molecule has 1 aromatic carbocycles. The van der Waals surface area contributed by atoms with E-state index in [0.29, 0.717) is 0 Å². The molecule has 4 atom stereocenters. The number of hydrogen-bond donors (Lipinski definition) is 0. The Hall–Kier alpha value is -3.27. The molecule has 0 radical (unpaired) electrons. The predicted molar refractivity (Wildman–Crippen MR) is 94.7 cm³/mol. The Balaban J connectivity index is 2.02. The summed E-state index contributed by atoms with van der Waals surface area (Å²) in [5.74, 6) is -3.73. The van der Waals surface area contributed by atoms with Gasteiger partial charge in [-0.1, -0.05) is 12.1 Å². The average Bonchev–Trinajstić information content (AvgIpc) is 2.88. The van der Waals surface area contributed by atoms with Crippen LogP contribution in [-0.4, -0.2) is 60.7 Å². The first-order valence-corrected chi connectivity index (χ1v) is 8.81. The standard InChI is InChI=1S/C19H19NO9/c1-9(21)27-14-8-26-19(17(29-11(3)23)16(14)28-10(2)22)20-13-7-5-4-6-12(13)15(24)18(20)25/h4-7,14,16-17,19H,8H2,1-3H3/t14-,16+,17-,19+/m0/s1. The number of ketones is 1. The summed E-state index contributed by atoms with van der Waals surface area (Å²) in [6, 6.07) is 6.28. The van der Waals surface area contributed by atoms with Crippen molar-refractivity contribution in [2.24, 2.45) is 0 Å². The third-order valence-electron chi connectivity index (χ3n) is 4.40. The number of carbonyl (C=O) groups excluding carboxylic acids is 5. The Morgan fingerprint density at radius 3 is 2.14 bits per heavy atom. The van der Waals surface area contributed by atoms with Gasteiger partial charge in [-0.3, -0.25) is 28.9 Å². The summed E-state index contributed by atoms with van der Waals surface area (Å²) in [4.78, 5) is 60.8. The largest absolute Gasteiger partial charge is 0.456 e. The number of fused-ring (bicyclic) bond motifs is 1. The second-order valence-corrected chi connectivity index (χ2v) is 6.54. The van der Waals surface area contributed by atoms with E-state index in [1.165, 1.54) is 6.07 Å². The first-order chi connectivity index (χ1) is 13.7. The number of para-hydroxylation sites is 1. The van der Waals surface area contributed by atoms with Gasteiger partial charge in [0, 0.05) is 20.8 Å². The first kappa shape index (κ1) is 20.5. The highest BCUT2D eigenvalue weighted by atomic mass is 16.6. The zero-order valence-corrected chi connectivity index (χ0v) is 15.9. The monoisotopic (exact) mass is 405 g/mol. The number of amides is 1. The number of ether oxygens (including phenoxy) is 4. The Kier molecular flexibility index (Phi) is 5.64. The minimum Gasteiger partial charge on any atom is -0.456 e. The second-order valence-electron chi connectivity index (χ2n) is 6.54. The lowest BCUT2D eigenvalue weighted by atomic mass is 10.0. The summed E-state index contributed by atoms with van der Waals surface area (Å²) < 4.78 is 21.4. The summed E-state index contributed by atoms with van der Waals surface area (Å²) in [6.07, 6.45) is -4.91. The highest BCUT2D eigenvalue weighted by Gasteiger charge is 2.53. The molecule has 0 bridgehead atoms. The van der Waals surface area contributed by atoms with Crippen molar-refractivity contribution in [3.63, 3.8) is 0 Å². The van der Waals surface area contributed by atoms with Crippen LogP contribution >= 0.6 is 0 Å². The van der Waals surface area contributed by atoms with Crippen LogP contribution in [0.15, 0.2) is 24.3 Å². The molecule has 0 aromatic heterocycles. The SMILES string of the molecule is CC(=O)O[C@H]1[C@H](OC(C)=O)[C@H](N2C(=O)C(=O)c3ccccc32)OC[C@@H]1OC(C)=O. The van der Waals surface area contributed by atoms with Crippen LogP contribution in [0.4, 0.5) is 5.69 Å². The van der Waals surface area contributed by atoms with Crippen LogP contribution in [0.2, 0.25) is 0 Å². The van der Waals surface area contributed by atoms with E-state index in [0.717, 1.165) is 25.7 Å². The van der Waals surface area contributed by atoms with Crippen molar-refractivity contribution in [3.05, 3.63) is 29.8 Å². The van der Waals surface area contributed by atoms with Gasteiger partial charge in [0.15, 0.2) is 24.5 Å². The molecule has 0 spiro atoms. The molecule has 1 fully saturated rings. The van der Waals surface area contributed by atoms with Gasteiger partial charge in [-0.05, 0) is 12.1 Å². The lowest BCUT2D eigenvalue weighted by Gasteiger charge is -2.43. The Bertz CT molecular complexity index is 880. The number of rotatable bonds is 4. The van der Waals surface area contributed by atoms with E-state index in [2.05, 4.69) is 0 Å². The van der Waals surface area contributed by atoms with Crippen LogP contribution in [0.5, 0.6) is 0 Å². The third kappa shape index (κ3) is 3.97. The molecule has 154 valence electrons. The molecule has 1 aromatic rings. The van der Waals surface area contributed by atoms with Crippen LogP contribution < -0.4 is 4.90 Å². The average molecular weight is 405 g/mol. The number of esters is 3. The summed E-state index contributed by atoms with van der Waals surface area (Å²) >= 11 is 0. The molecule has 10 heteroatoms. The summed E-state index contributed by atoms with van der Waals surface area (Å²) in [5, 5.41) is 0. The van der Waals surface area contributed by atoms with Crippen molar-refractivity contribution in [3.8, 4) is 0 Å². The normalized spacial score (nSPS) is 26.0. The Labute approximate surface area is 165 Å². The highest BCUT2D eigenvalue weighted by molar-refractivity contribution is 6.52. The maximum atomic E-state index is 12.6. The summed E-state index contributed by atoms with van der Waals surface area (Å²) in [5.41, 5.74) is 0.450. The molecule has 0 unspecified atom stereocenters. The minimum absolute atomic E-state index is 0.175. The fourth-order valence-electron chi connectivity index (χ4n) is 3.41. The van der Waals surface area contributed by atoms with Gasteiger partial charge in [0.1, 0.15) is 0 Å². The fraction of sp³-hybridized carbons (Fsp3) is 0.421. The van der Waals surface area contributed by atoms with E-state index < -0.39 is 54.1 Å². The van der Waals surface area contributed by atoms with Gasteiger partial charge >= 0.3 is 23.8 Å². The van der Waals surface area contributed by atoms with Gasteiger partial charge in [0.05, 0.1) is 17.9 Å². The molecule has 1 saturated heterocycles. The molecule has 0 saturated carbocycles. The zero-order chi connectivity index (χ0) is 21.3. The highest BCUT2D eigenvalue weighted by Crippen LogP contribution is 2.35. The quantitative estimate of drug-likeness (QED) is 0.397. The molecule has 29 heavy (non-hydrogen) atoms. The van der Waals surface area contributed by atoms with Crippen LogP contribution in [0.1, 0.15) is 31.1 Å². The molecule has 1 amide bonds.